The molecule has 0 saturated heterocycles. The summed E-state index contributed by atoms with van der Waals surface area (Å²) < 4.78 is 13.2. The first-order valence-electron chi connectivity index (χ1n) is 4.78. The van der Waals surface area contributed by atoms with Gasteiger partial charge in [0.25, 0.3) is 0 Å². The van der Waals surface area contributed by atoms with Crippen LogP contribution in [-0.4, -0.2) is 19.4 Å². The number of Topliss-reactive ketones (excluding diaryl/α,β-unsaturated/α-hetero) is 1. The Morgan fingerprint density at radius 2 is 2.27 bits per heavy atom. The van der Waals surface area contributed by atoms with Crippen molar-refractivity contribution in [3.63, 3.8) is 0 Å². The van der Waals surface area contributed by atoms with E-state index in [0.29, 0.717) is 17.9 Å². The van der Waals surface area contributed by atoms with E-state index >= 15 is 0 Å². The van der Waals surface area contributed by atoms with Gasteiger partial charge in [-0.25, -0.2) is 4.39 Å². The quantitative estimate of drug-likeness (QED) is 0.621. The molecule has 1 rings (SSSR count). The van der Waals surface area contributed by atoms with Crippen LogP contribution in [0.25, 0.3) is 0 Å². The van der Waals surface area contributed by atoms with E-state index in [-0.39, 0.29) is 11.3 Å². The summed E-state index contributed by atoms with van der Waals surface area (Å²) in [6, 6.07) is 4.02. The van der Waals surface area contributed by atoms with Gasteiger partial charge in [0.15, 0.2) is 5.78 Å². The highest BCUT2D eigenvalue weighted by molar-refractivity contribution is 6.31. The summed E-state index contributed by atoms with van der Waals surface area (Å²) in [5, 5.41) is 3.31. The Balaban J connectivity index is 2.68. The maximum absolute atomic E-state index is 13.2. The maximum atomic E-state index is 13.2. The lowest BCUT2D eigenvalue weighted by atomic mass is 10.1. The SMILES string of the molecule is CNCCCC(=O)c1cc(Cl)ccc1F. The molecule has 0 aromatic heterocycles. The van der Waals surface area contributed by atoms with Crippen LogP contribution in [0.1, 0.15) is 23.2 Å². The second kappa shape index (κ2) is 5.83. The molecule has 1 N–H and O–H groups in total. The Hall–Kier alpha value is -0.930. The lowest BCUT2D eigenvalue weighted by Crippen LogP contribution is -2.10. The zero-order chi connectivity index (χ0) is 11.3. The molecule has 0 aliphatic heterocycles. The standard InChI is InChI=1S/C11H13ClFNO/c1-14-6-2-3-11(15)9-7-8(12)4-5-10(9)13/h4-5,7,14H,2-3,6H2,1H3. The molecule has 82 valence electrons. The van der Waals surface area contributed by atoms with Gasteiger partial charge in [-0.15, -0.1) is 0 Å². The van der Waals surface area contributed by atoms with Crippen molar-refractivity contribution < 1.29 is 9.18 Å². The average Bonchev–Trinajstić information content (AvgIpc) is 2.22. The fourth-order valence-electron chi connectivity index (χ4n) is 1.27. The van der Waals surface area contributed by atoms with E-state index in [4.69, 9.17) is 11.6 Å². The predicted octanol–water partition coefficient (Wildman–Crippen LogP) is 2.66. The van der Waals surface area contributed by atoms with E-state index in [1.165, 1.54) is 18.2 Å². The van der Waals surface area contributed by atoms with Gasteiger partial charge in [-0.05, 0) is 38.2 Å². The van der Waals surface area contributed by atoms with E-state index in [1.807, 2.05) is 7.05 Å². The van der Waals surface area contributed by atoms with Gasteiger partial charge in [-0.3, -0.25) is 4.79 Å². The Bertz CT molecular complexity index is 354. The number of hydrogen-bond donors (Lipinski definition) is 1. The van der Waals surface area contributed by atoms with Crippen molar-refractivity contribution in [3.8, 4) is 0 Å². The molecule has 15 heavy (non-hydrogen) atoms. The van der Waals surface area contributed by atoms with Crippen LogP contribution >= 0.6 is 11.6 Å². The minimum atomic E-state index is -0.506. The van der Waals surface area contributed by atoms with Crippen LogP contribution in [0.5, 0.6) is 0 Å². The molecule has 0 fully saturated rings. The predicted molar refractivity (Wildman–Crippen MR) is 58.9 cm³/mol. The van der Waals surface area contributed by atoms with Crippen molar-refractivity contribution in [2.24, 2.45) is 0 Å². The molecule has 4 heteroatoms. The number of carbonyl (C=O) groups excluding carboxylic acids is 1. The van der Waals surface area contributed by atoms with E-state index in [9.17, 15) is 9.18 Å². The Morgan fingerprint density at radius 3 is 2.93 bits per heavy atom. The van der Waals surface area contributed by atoms with Crippen LogP contribution in [-0.2, 0) is 0 Å². The zero-order valence-electron chi connectivity index (χ0n) is 8.52. The molecule has 0 saturated carbocycles. The lowest BCUT2D eigenvalue weighted by molar-refractivity contribution is 0.0976. The summed E-state index contributed by atoms with van der Waals surface area (Å²) in [6.07, 6.45) is 1.03. The molecule has 0 atom stereocenters. The summed E-state index contributed by atoms with van der Waals surface area (Å²) >= 11 is 5.69. The third-order valence-electron chi connectivity index (χ3n) is 2.06. The van der Waals surface area contributed by atoms with Gasteiger partial charge < -0.3 is 5.32 Å². The molecule has 1 aromatic carbocycles. The fourth-order valence-corrected chi connectivity index (χ4v) is 1.44. The summed E-state index contributed by atoms with van der Waals surface area (Å²) in [6.45, 7) is 0.744. The molecule has 0 bridgehead atoms. The van der Waals surface area contributed by atoms with Crippen molar-refractivity contribution in [1.29, 1.82) is 0 Å². The smallest absolute Gasteiger partial charge is 0.165 e. The topological polar surface area (TPSA) is 29.1 Å². The van der Waals surface area contributed by atoms with Gasteiger partial charge in [0.05, 0.1) is 5.56 Å². The van der Waals surface area contributed by atoms with Crippen LogP contribution in [0, 0.1) is 5.82 Å². The number of hydrogen-bond acceptors (Lipinski definition) is 2. The highest BCUT2D eigenvalue weighted by Crippen LogP contribution is 2.16. The minimum Gasteiger partial charge on any atom is -0.320 e. The highest BCUT2D eigenvalue weighted by Gasteiger charge is 2.11. The summed E-state index contributed by atoms with van der Waals surface area (Å²) in [5.41, 5.74) is 0.0820. The Morgan fingerprint density at radius 1 is 1.53 bits per heavy atom. The van der Waals surface area contributed by atoms with Crippen molar-refractivity contribution in [2.75, 3.05) is 13.6 Å². The van der Waals surface area contributed by atoms with Crippen LogP contribution in [0.2, 0.25) is 5.02 Å². The molecule has 1 aromatic rings. The molecule has 0 spiro atoms. The van der Waals surface area contributed by atoms with Gasteiger partial charge in [0.2, 0.25) is 0 Å². The lowest BCUT2D eigenvalue weighted by Gasteiger charge is -2.03. The average molecular weight is 230 g/mol. The van der Waals surface area contributed by atoms with Crippen molar-refractivity contribution in [2.45, 2.75) is 12.8 Å². The number of nitrogens with one attached hydrogen (secondary N) is 1. The van der Waals surface area contributed by atoms with Crippen LogP contribution in [0.15, 0.2) is 18.2 Å². The van der Waals surface area contributed by atoms with Gasteiger partial charge in [-0.2, -0.15) is 0 Å². The van der Waals surface area contributed by atoms with Gasteiger partial charge in [0, 0.05) is 11.4 Å². The summed E-state index contributed by atoms with van der Waals surface area (Å²) in [7, 11) is 1.81. The van der Waals surface area contributed by atoms with Crippen LogP contribution < -0.4 is 5.32 Å². The second-order valence-corrected chi connectivity index (χ2v) is 3.69. The number of halogens is 2. The molecule has 0 amide bonds. The third-order valence-corrected chi connectivity index (χ3v) is 2.29. The molecule has 0 aliphatic rings. The third kappa shape index (κ3) is 3.61. The normalized spacial score (nSPS) is 10.3. The minimum absolute atomic E-state index is 0.0820. The van der Waals surface area contributed by atoms with Gasteiger partial charge in [0.1, 0.15) is 5.82 Å². The molecule has 0 radical (unpaired) electrons. The van der Waals surface area contributed by atoms with E-state index in [1.54, 1.807) is 0 Å². The number of carbonyl (C=O) groups is 1. The van der Waals surface area contributed by atoms with Crippen molar-refractivity contribution in [3.05, 3.63) is 34.6 Å². The molecule has 0 unspecified atom stereocenters. The highest BCUT2D eigenvalue weighted by atomic mass is 35.5. The summed E-state index contributed by atoms with van der Waals surface area (Å²) in [5.74, 6) is -0.709. The molecular weight excluding hydrogens is 217 g/mol. The van der Waals surface area contributed by atoms with E-state index < -0.39 is 5.82 Å². The zero-order valence-corrected chi connectivity index (χ0v) is 9.27. The summed E-state index contributed by atoms with van der Waals surface area (Å²) in [4.78, 5) is 11.6. The molecule has 2 nitrogen and oxygen atoms in total. The number of ketones is 1. The van der Waals surface area contributed by atoms with Crippen molar-refractivity contribution >= 4 is 17.4 Å². The molecular formula is C11H13ClFNO. The van der Waals surface area contributed by atoms with Crippen LogP contribution in [0.4, 0.5) is 4.39 Å². The first-order valence-corrected chi connectivity index (χ1v) is 5.16. The fraction of sp³-hybridized carbons (Fsp3) is 0.364. The van der Waals surface area contributed by atoms with Gasteiger partial charge >= 0.3 is 0 Å². The number of benzene rings is 1. The first-order chi connectivity index (χ1) is 7.15. The Labute approximate surface area is 93.4 Å². The largest absolute Gasteiger partial charge is 0.320 e. The van der Waals surface area contributed by atoms with Crippen LogP contribution in [0.3, 0.4) is 0 Å². The molecule has 0 aliphatic carbocycles. The maximum Gasteiger partial charge on any atom is 0.165 e. The van der Waals surface area contributed by atoms with E-state index in [2.05, 4.69) is 5.32 Å². The Kier molecular flexibility index (Phi) is 4.72. The van der Waals surface area contributed by atoms with Gasteiger partial charge in [-0.1, -0.05) is 11.6 Å². The molecule has 0 heterocycles. The van der Waals surface area contributed by atoms with Crippen molar-refractivity contribution in [1.82, 2.24) is 5.32 Å². The number of rotatable bonds is 5. The second-order valence-electron chi connectivity index (χ2n) is 3.25. The first kappa shape index (κ1) is 12.1. The van der Waals surface area contributed by atoms with E-state index in [0.717, 1.165) is 6.54 Å². The monoisotopic (exact) mass is 229 g/mol.